The summed E-state index contributed by atoms with van der Waals surface area (Å²) in [5.74, 6) is 1.86. The second-order valence-electron chi connectivity index (χ2n) is 10.3. The zero-order valence-electron chi connectivity index (χ0n) is 23.9. The zero-order chi connectivity index (χ0) is 29.4. The number of sulfonamides is 1. The number of rotatable bonds is 11. The minimum Gasteiger partial charge on any atom is -0.495 e. The molecule has 4 aromatic rings. The fourth-order valence-corrected chi connectivity index (χ4v) is 6.49. The van der Waals surface area contributed by atoms with Gasteiger partial charge in [-0.3, -0.25) is 14.7 Å². The molecule has 2 aromatic carbocycles. The van der Waals surface area contributed by atoms with E-state index in [1.165, 1.54) is 21.3 Å². The molecule has 0 spiro atoms. The molecule has 0 amide bonds. The van der Waals surface area contributed by atoms with Gasteiger partial charge in [-0.25, -0.2) is 8.42 Å². The molecular weight excluding hydrogens is 564 g/mol. The largest absolute Gasteiger partial charge is 0.495 e. The minimum atomic E-state index is -4.25. The van der Waals surface area contributed by atoms with E-state index in [4.69, 9.17) is 23.5 Å². The van der Waals surface area contributed by atoms with E-state index in [0.29, 0.717) is 47.3 Å². The van der Waals surface area contributed by atoms with Crippen LogP contribution in [0.2, 0.25) is 0 Å². The number of fused-ring (bicyclic) bond motifs is 1. The van der Waals surface area contributed by atoms with Crippen LogP contribution in [-0.2, 0) is 14.8 Å². The van der Waals surface area contributed by atoms with Crippen molar-refractivity contribution in [1.29, 1.82) is 0 Å². The average Bonchev–Trinajstić information content (AvgIpc) is 3.64. The van der Waals surface area contributed by atoms with Crippen molar-refractivity contribution in [3.8, 4) is 17.2 Å². The van der Waals surface area contributed by atoms with Crippen molar-refractivity contribution in [3.63, 3.8) is 0 Å². The standard InChI is InChI=1S/C28H34N6O7S/c1-5-34-8-9-40-25(15-34)17-10-23(38-3)27(24(11-17)39-4)42(35,36)33-28-18-12-22(37-2)20(13-21(18)41-32-28)29-26-14-19(30-31-26)16-6-7-16/h10-14,16,25H,5-9,15H2,1-4H3,(H,32,33)(H2,29,30,31)/t25-/m0/s1. The van der Waals surface area contributed by atoms with Gasteiger partial charge in [0.15, 0.2) is 22.1 Å². The van der Waals surface area contributed by atoms with Crippen LogP contribution in [0.3, 0.4) is 0 Å². The third kappa shape index (κ3) is 5.44. The molecule has 1 saturated heterocycles. The van der Waals surface area contributed by atoms with Gasteiger partial charge in [-0.1, -0.05) is 12.1 Å². The molecule has 2 aliphatic rings. The highest BCUT2D eigenvalue weighted by Gasteiger charge is 2.31. The maximum Gasteiger partial charge on any atom is 0.270 e. The molecule has 2 fully saturated rings. The van der Waals surface area contributed by atoms with Crippen molar-refractivity contribution in [2.24, 2.45) is 0 Å². The molecule has 0 radical (unpaired) electrons. The van der Waals surface area contributed by atoms with E-state index in [0.717, 1.165) is 37.2 Å². The Bertz CT molecular complexity index is 1670. The van der Waals surface area contributed by atoms with Gasteiger partial charge in [0.1, 0.15) is 17.2 Å². The number of aromatic amines is 1. The molecule has 0 unspecified atom stereocenters. The minimum absolute atomic E-state index is 0.00646. The summed E-state index contributed by atoms with van der Waals surface area (Å²) in [6, 6.07) is 8.65. The van der Waals surface area contributed by atoms with Crippen LogP contribution < -0.4 is 24.2 Å². The summed E-state index contributed by atoms with van der Waals surface area (Å²) in [4.78, 5) is 2.11. The second kappa shape index (κ2) is 11.3. The Morgan fingerprint density at radius 3 is 2.45 bits per heavy atom. The number of methoxy groups -OCH3 is 3. The van der Waals surface area contributed by atoms with Gasteiger partial charge < -0.3 is 28.8 Å². The molecule has 1 aliphatic carbocycles. The molecule has 42 heavy (non-hydrogen) atoms. The number of morpholine rings is 1. The fourth-order valence-electron chi connectivity index (χ4n) is 5.17. The molecule has 14 heteroatoms. The fraction of sp³-hybridized carbons (Fsp3) is 0.429. The number of hydrogen-bond donors (Lipinski definition) is 3. The van der Waals surface area contributed by atoms with Crippen LogP contribution in [0.1, 0.15) is 43.0 Å². The van der Waals surface area contributed by atoms with Crippen molar-refractivity contribution < 1.29 is 31.9 Å². The van der Waals surface area contributed by atoms with Gasteiger partial charge in [-0.15, -0.1) is 0 Å². The number of nitrogens with zero attached hydrogens (tertiary/aromatic N) is 3. The van der Waals surface area contributed by atoms with Gasteiger partial charge >= 0.3 is 0 Å². The van der Waals surface area contributed by atoms with Gasteiger partial charge in [0.25, 0.3) is 10.0 Å². The number of ether oxygens (including phenoxy) is 4. The molecular formula is C28H34N6O7S. The predicted molar refractivity (Wildman–Crippen MR) is 156 cm³/mol. The Balaban J connectivity index is 1.30. The first kappa shape index (κ1) is 28.1. The lowest BCUT2D eigenvalue weighted by molar-refractivity contribution is -0.0283. The van der Waals surface area contributed by atoms with E-state index in [1.807, 2.05) is 6.07 Å². The highest BCUT2D eigenvalue weighted by Crippen LogP contribution is 2.42. The smallest absolute Gasteiger partial charge is 0.270 e. The molecule has 3 N–H and O–H groups in total. The van der Waals surface area contributed by atoms with Crippen LogP contribution in [0.15, 0.2) is 39.8 Å². The number of H-pyrrole nitrogens is 1. The van der Waals surface area contributed by atoms with Crippen molar-refractivity contribution in [3.05, 3.63) is 41.6 Å². The third-order valence-electron chi connectivity index (χ3n) is 7.62. The first-order valence-electron chi connectivity index (χ1n) is 13.8. The lowest BCUT2D eigenvalue weighted by Crippen LogP contribution is -2.38. The van der Waals surface area contributed by atoms with Crippen LogP contribution in [0.4, 0.5) is 17.3 Å². The van der Waals surface area contributed by atoms with E-state index < -0.39 is 10.0 Å². The van der Waals surface area contributed by atoms with E-state index in [2.05, 4.69) is 37.2 Å². The number of anilines is 3. The molecule has 3 heterocycles. The lowest BCUT2D eigenvalue weighted by Gasteiger charge is -2.32. The number of aromatic nitrogens is 3. The van der Waals surface area contributed by atoms with Gasteiger partial charge in [-0.2, -0.15) is 5.10 Å². The molecule has 1 atom stereocenters. The number of nitrogens with one attached hydrogen (secondary N) is 3. The normalized spacial score (nSPS) is 17.8. The van der Waals surface area contributed by atoms with Gasteiger partial charge in [0, 0.05) is 36.8 Å². The third-order valence-corrected chi connectivity index (χ3v) is 9.02. The Kier molecular flexibility index (Phi) is 7.60. The van der Waals surface area contributed by atoms with Crippen molar-refractivity contribution in [1.82, 2.24) is 20.3 Å². The topological polar surface area (TPSA) is 153 Å². The molecule has 1 saturated carbocycles. The van der Waals surface area contributed by atoms with Crippen molar-refractivity contribution >= 4 is 38.3 Å². The molecule has 2 aromatic heterocycles. The summed E-state index contributed by atoms with van der Waals surface area (Å²) in [5, 5.41) is 15.0. The number of likely N-dealkylation sites (N-methyl/N-ethyl adjacent to an activating group) is 1. The van der Waals surface area contributed by atoms with E-state index in [1.54, 1.807) is 24.3 Å². The maximum absolute atomic E-state index is 13.8. The van der Waals surface area contributed by atoms with Gasteiger partial charge in [0.05, 0.1) is 45.1 Å². The molecule has 6 rings (SSSR count). The highest BCUT2D eigenvalue weighted by molar-refractivity contribution is 7.93. The van der Waals surface area contributed by atoms with E-state index in [-0.39, 0.29) is 28.3 Å². The van der Waals surface area contributed by atoms with Crippen LogP contribution in [-0.4, -0.2) is 76.2 Å². The summed E-state index contributed by atoms with van der Waals surface area (Å²) in [5.41, 5.74) is 2.79. The quantitative estimate of drug-likeness (QED) is 0.225. The predicted octanol–water partition coefficient (Wildman–Crippen LogP) is 4.39. The summed E-state index contributed by atoms with van der Waals surface area (Å²) >= 11 is 0. The highest BCUT2D eigenvalue weighted by atomic mass is 32.2. The summed E-state index contributed by atoms with van der Waals surface area (Å²) < 4.78 is 58.2. The maximum atomic E-state index is 13.8. The van der Waals surface area contributed by atoms with Crippen LogP contribution >= 0.6 is 0 Å². The molecule has 224 valence electrons. The first-order valence-corrected chi connectivity index (χ1v) is 15.2. The summed E-state index contributed by atoms with van der Waals surface area (Å²) in [6.07, 6.45) is 2.06. The summed E-state index contributed by atoms with van der Waals surface area (Å²) in [6.45, 7) is 5.08. The Morgan fingerprint density at radius 1 is 1.05 bits per heavy atom. The Labute approximate surface area is 243 Å². The van der Waals surface area contributed by atoms with Crippen molar-refractivity contribution in [2.75, 3.05) is 57.6 Å². The molecule has 0 bridgehead atoms. The van der Waals surface area contributed by atoms with E-state index >= 15 is 0 Å². The molecule has 1 aliphatic heterocycles. The Morgan fingerprint density at radius 2 is 1.79 bits per heavy atom. The number of hydrogen-bond acceptors (Lipinski definition) is 11. The summed E-state index contributed by atoms with van der Waals surface area (Å²) in [7, 11) is 0.104. The van der Waals surface area contributed by atoms with Crippen molar-refractivity contribution in [2.45, 2.75) is 36.7 Å². The zero-order valence-corrected chi connectivity index (χ0v) is 24.7. The monoisotopic (exact) mass is 598 g/mol. The van der Waals surface area contributed by atoms with Gasteiger partial charge in [0.2, 0.25) is 0 Å². The second-order valence-corrected chi connectivity index (χ2v) is 11.9. The van der Waals surface area contributed by atoms with Crippen LogP contribution in [0, 0.1) is 0 Å². The lowest BCUT2D eigenvalue weighted by atomic mass is 10.1. The first-order chi connectivity index (χ1) is 20.3. The number of benzene rings is 2. The van der Waals surface area contributed by atoms with Gasteiger partial charge in [-0.05, 0) is 43.1 Å². The van der Waals surface area contributed by atoms with Crippen LogP contribution in [0.25, 0.3) is 11.0 Å². The average molecular weight is 599 g/mol. The Hall–Kier alpha value is -4.01. The van der Waals surface area contributed by atoms with Crippen LogP contribution in [0.5, 0.6) is 17.2 Å². The SMILES string of the molecule is CCN1CCO[C@H](c2cc(OC)c(S(=O)(=O)Nc3noc4cc(Nc5cc(C6CC6)[nH]n5)c(OC)cc34)c(OC)c2)C1. The van der Waals surface area contributed by atoms with E-state index in [9.17, 15) is 8.42 Å². The molecule has 13 nitrogen and oxygen atoms in total.